The maximum absolute atomic E-state index is 12.6. The predicted molar refractivity (Wildman–Crippen MR) is 99.0 cm³/mol. The van der Waals surface area contributed by atoms with Crippen LogP contribution in [0.25, 0.3) is 6.08 Å². The number of phenolic OH excluding ortho intramolecular Hbond substituents is 1. The van der Waals surface area contributed by atoms with Gasteiger partial charge in [-0.15, -0.1) is 0 Å². The van der Waals surface area contributed by atoms with E-state index in [1.54, 1.807) is 18.2 Å². The third-order valence-corrected chi connectivity index (χ3v) is 4.29. The molecule has 130 valence electrons. The van der Waals surface area contributed by atoms with E-state index in [0.29, 0.717) is 29.3 Å². The minimum atomic E-state index is -0.150. The molecule has 2 aromatic rings. The van der Waals surface area contributed by atoms with E-state index in [0.717, 1.165) is 5.56 Å². The maximum atomic E-state index is 12.6. The number of carbonyl (C=O) groups is 1. The molecule has 4 heteroatoms. The fourth-order valence-corrected chi connectivity index (χ4v) is 2.89. The van der Waals surface area contributed by atoms with Crippen LogP contribution in [0.1, 0.15) is 46.8 Å². The second kappa shape index (κ2) is 6.73. The number of phenols is 1. The Hall–Kier alpha value is -2.59. The molecule has 0 unspecified atom stereocenters. The van der Waals surface area contributed by atoms with Crippen molar-refractivity contribution >= 4 is 11.9 Å². The van der Waals surface area contributed by atoms with Crippen molar-refractivity contribution in [2.45, 2.75) is 26.3 Å². The Morgan fingerprint density at radius 1 is 1.12 bits per heavy atom. The number of rotatable bonds is 4. The van der Waals surface area contributed by atoms with Crippen molar-refractivity contribution < 1.29 is 14.6 Å². The van der Waals surface area contributed by atoms with Crippen LogP contribution in [0.2, 0.25) is 0 Å². The van der Waals surface area contributed by atoms with E-state index in [1.807, 2.05) is 31.1 Å². The summed E-state index contributed by atoms with van der Waals surface area (Å²) in [6, 6.07) is 11.3. The van der Waals surface area contributed by atoms with Crippen LogP contribution < -0.4 is 4.74 Å². The number of aromatic hydroxyl groups is 1. The predicted octanol–water partition coefficient (Wildman–Crippen LogP) is 4.19. The Morgan fingerprint density at radius 2 is 1.80 bits per heavy atom. The number of benzene rings is 2. The summed E-state index contributed by atoms with van der Waals surface area (Å²) < 4.78 is 5.84. The van der Waals surface area contributed by atoms with Crippen LogP contribution in [0, 0.1) is 0 Å². The first kappa shape index (κ1) is 17.2. The molecule has 1 aliphatic rings. The van der Waals surface area contributed by atoms with E-state index < -0.39 is 0 Å². The monoisotopic (exact) mass is 337 g/mol. The van der Waals surface area contributed by atoms with Gasteiger partial charge in [0.1, 0.15) is 11.5 Å². The molecule has 0 fully saturated rings. The molecule has 0 aliphatic carbocycles. The average molecular weight is 337 g/mol. The van der Waals surface area contributed by atoms with Gasteiger partial charge < -0.3 is 14.7 Å². The molecule has 2 aromatic carbocycles. The first-order valence-corrected chi connectivity index (χ1v) is 8.40. The van der Waals surface area contributed by atoms with Crippen LogP contribution in [-0.2, 0) is 6.54 Å². The highest BCUT2D eigenvalue weighted by atomic mass is 16.5. The molecule has 0 atom stereocenters. The fraction of sp³-hybridized carbons (Fsp3) is 0.286. The number of hydrogen-bond donors (Lipinski definition) is 1. The first-order chi connectivity index (χ1) is 11.9. The number of allylic oxidation sites excluding steroid dienone is 1. The Kier molecular flexibility index (Phi) is 4.64. The van der Waals surface area contributed by atoms with Crippen LogP contribution in [0.3, 0.4) is 0 Å². The molecule has 0 radical (unpaired) electrons. The smallest absolute Gasteiger partial charge is 0.231 e. The summed E-state index contributed by atoms with van der Waals surface area (Å²) in [5.74, 6) is 1.21. The number of hydrogen-bond acceptors (Lipinski definition) is 4. The molecule has 0 spiro atoms. The third-order valence-electron chi connectivity index (χ3n) is 4.29. The zero-order valence-corrected chi connectivity index (χ0v) is 15.0. The Labute approximate surface area is 148 Å². The molecule has 0 aromatic heterocycles. The number of nitrogens with zero attached hydrogens (tertiary/aromatic N) is 1. The molecule has 25 heavy (non-hydrogen) atoms. The van der Waals surface area contributed by atoms with E-state index in [1.165, 1.54) is 5.56 Å². The number of ether oxygens (including phenoxy) is 1. The third kappa shape index (κ3) is 3.44. The van der Waals surface area contributed by atoms with E-state index in [2.05, 4.69) is 26.0 Å². The largest absolute Gasteiger partial charge is 0.507 e. The van der Waals surface area contributed by atoms with Crippen LogP contribution in [0.4, 0.5) is 0 Å². The molecule has 3 rings (SSSR count). The highest BCUT2D eigenvalue weighted by molar-refractivity contribution is 6.15. The second-order valence-electron chi connectivity index (χ2n) is 6.94. The normalized spacial score (nSPS) is 15.1. The SMILES string of the molecule is CC(C)c1ccc(/C=C2\Oc3c(ccc(O)c3CN(C)C)C2=O)cc1. The lowest BCUT2D eigenvalue weighted by Gasteiger charge is -2.14. The van der Waals surface area contributed by atoms with Crippen molar-refractivity contribution in [2.75, 3.05) is 14.1 Å². The fourth-order valence-electron chi connectivity index (χ4n) is 2.89. The molecular formula is C21H23NO3. The minimum Gasteiger partial charge on any atom is -0.507 e. The summed E-state index contributed by atoms with van der Waals surface area (Å²) >= 11 is 0. The van der Waals surface area contributed by atoms with Gasteiger partial charge in [-0.1, -0.05) is 38.1 Å². The van der Waals surface area contributed by atoms with Gasteiger partial charge in [0.25, 0.3) is 0 Å². The number of ketones is 1. The van der Waals surface area contributed by atoms with Gasteiger partial charge in [0, 0.05) is 6.54 Å². The van der Waals surface area contributed by atoms with E-state index in [-0.39, 0.29) is 17.3 Å². The molecule has 1 N–H and O–H groups in total. The van der Waals surface area contributed by atoms with Gasteiger partial charge in [-0.3, -0.25) is 4.79 Å². The van der Waals surface area contributed by atoms with Gasteiger partial charge in [-0.25, -0.2) is 0 Å². The molecule has 1 heterocycles. The van der Waals surface area contributed by atoms with Crippen molar-refractivity contribution in [1.82, 2.24) is 4.90 Å². The average Bonchev–Trinajstić information content (AvgIpc) is 2.87. The van der Waals surface area contributed by atoms with Crippen LogP contribution >= 0.6 is 0 Å². The Bertz CT molecular complexity index is 833. The highest BCUT2D eigenvalue weighted by Crippen LogP contribution is 2.39. The van der Waals surface area contributed by atoms with Gasteiger partial charge in [0.05, 0.1) is 11.1 Å². The number of carbonyl (C=O) groups excluding carboxylic acids is 1. The Morgan fingerprint density at radius 3 is 2.40 bits per heavy atom. The molecule has 4 nitrogen and oxygen atoms in total. The lowest BCUT2D eigenvalue weighted by Crippen LogP contribution is -2.11. The summed E-state index contributed by atoms with van der Waals surface area (Å²) in [5.41, 5.74) is 3.30. The van der Waals surface area contributed by atoms with Crippen LogP contribution in [0.5, 0.6) is 11.5 Å². The second-order valence-corrected chi connectivity index (χ2v) is 6.94. The summed E-state index contributed by atoms with van der Waals surface area (Å²) in [5, 5.41) is 10.1. The lowest BCUT2D eigenvalue weighted by molar-refractivity contribution is 0.101. The Balaban J connectivity index is 1.94. The topological polar surface area (TPSA) is 49.8 Å². The summed E-state index contributed by atoms with van der Waals surface area (Å²) in [4.78, 5) is 14.6. The van der Waals surface area contributed by atoms with Crippen molar-refractivity contribution in [3.8, 4) is 11.5 Å². The lowest BCUT2D eigenvalue weighted by atomic mass is 10.0. The van der Waals surface area contributed by atoms with E-state index in [4.69, 9.17) is 4.74 Å². The van der Waals surface area contributed by atoms with Gasteiger partial charge >= 0.3 is 0 Å². The van der Waals surface area contributed by atoms with Gasteiger partial charge in [-0.2, -0.15) is 0 Å². The minimum absolute atomic E-state index is 0.141. The number of Topliss-reactive ketones (excluding diaryl/α,β-unsaturated/α-hetero) is 1. The summed E-state index contributed by atoms with van der Waals surface area (Å²) in [7, 11) is 3.81. The summed E-state index contributed by atoms with van der Waals surface area (Å²) in [6.07, 6.45) is 1.75. The molecular weight excluding hydrogens is 314 g/mol. The zero-order chi connectivity index (χ0) is 18.1. The van der Waals surface area contributed by atoms with Crippen molar-refractivity contribution in [3.05, 3.63) is 64.4 Å². The van der Waals surface area contributed by atoms with Crippen LogP contribution in [-0.4, -0.2) is 29.9 Å². The molecule has 1 aliphatic heterocycles. The van der Waals surface area contributed by atoms with Gasteiger partial charge in [-0.05, 0) is 49.3 Å². The van der Waals surface area contributed by atoms with Crippen LogP contribution in [0.15, 0.2) is 42.2 Å². The van der Waals surface area contributed by atoms with E-state index in [9.17, 15) is 9.90 Å². The molecule has 0 saturated carbocycles. The van der Waals surface area contributed by atoms with Gasteiger partial charge in [0.2, 0.25) is 5.78 Å². The molecule has 0 bridgehead atoms. The highest BCUT2D eigenvalue weighted by Gasteiger charge is 2.31. The molecule has 0 saturated heterocycles. The molecule has 0 amide bonds. The first-order valence-electron chi connectivity index (χ1n) is 8.40. The van der Waals surface area contributed by atoms with Gasteiger partial charge in [0.15, 0.2) is 5.76 Å². The van der Waals surface area contributed by atoms with E-state index >= 15 is 0 Å². The standard InChI is InChI=1S/C21H23NO3/c1-13(2)15-7-5-14(6-8-15)11-19-20(24)16-9-10-18(23)17(12-22(3)4)21(16)25-19/h5-11,13,23H,12H2,1-4H3/b19-11-. The zero-order valence-electron chi connectivity index (χ0n) is 15.0. The summed E-state index contributed by atoms with van der Waals surface area (Å²) in [6.45, 7) is 4.79. The van der Waals surface area contributed by atoms with Crippen molar-refractivity contribution in [3.63, 3.8) is 0 Å². The van der Waals surface area contributed by atoms with Crippen molar-refractivity contribution in [2.24, 2.45) is 0 Å². The van der Waals surface area contributed by atoms with Crippen molar-refractivity contribution in [1.29, 1.82) is 0 Å². The number of fused-ring (bicyclic) bond motifs is 1. The quantitative estimate of drug-likeness (QED) is 0.850. The maximum Gasteiger partial charge on any atom is 0.231 e.